The molecule has 3 unspecified atom stereocenters. The summed E-state index contributed by atoms with van der Waals surface area (Å²) in [4.78, 5) is 14.8. The zero-order chi connectivity index (χ0) is 19.8. The van der Waals surface area contributed by atoms with Crippen molar-refractivity contribution in [1.82, 2.24) is 14.7 Å². The number of fused-ring (bicyclic) bond motifs is 1. The van der Waals surface area contributed by atoms with E-state index < -0.39 is 0 Å². The van der Waals surface area contributed by atoms with Gasteiger partial charge in [0.15, 0.2) is 0 Å². The first-order chi connectivity index (χ1) is 13.4. The van der Waals surface area contributed by atoms with E-state index in [0.29, 0.717) is 18.3 Å². The van der Waals surface area contributed by atoms with E-state index in [1.165, 1.54) is 28.8 Å². The predicted octanol–water partition coefficient (Wildman–Crippen LogP) is 3.41. The van der Waals surface area contributed by atoms with Crippen molar-refractivity contribution in [3.05, 3.63) is 52.3 Å². The Morgan fingerprint density at radius 3 is 2.55 bits per heavy atom. The predicted molar refractivity (Wildman–Crippen MR) is 118 cm³/mol. The molecule has 2 heterocycles. The van der Waals surface area contributed by atoms with Crippen LogP contribution in [-0.2, 0) is 17.8 Å². The van der Waals surface area contributed by atoms with E-state index in [2.05, 4.69) is 54.6 Å². The van der Waals surface area contributed by atoms with E-state index >= 15 is 0 Å². The number of nitrogens with zero attached hydrogens (tertiary/aromatic N) is 3. The third-order valence-corrected chi connectivity index (χ3v) is 6.84. The SMILES string of the molecule is Cc1ccc(Cn2nc(C)c(CCC(=O)N3CC4CCC(N)C4C3)c2C)cc1.Cl. The number of hydrogen-bond acceptors (Lipinski definition) is 3. The minimum Gasteiger partial charge on any atom is -0.342 e. The first-order valence-corrected chi connectivity index (χ1v) is 10.5. The molecule has 1 saturated carbocycles. The number of rotatable bonds is 5. The maximum Gasteiger partial charge on any atom is 0.222 e. The molecule has 5 nitrogen and oxygen atoms in total. The molecule has 1 saturated heterocycles. The van der Waals surface area contributed by atoms with E-state index in [9.17, 15) is 4.79 Å². The number of benzene rings is 1. The lowest BCUT2D eigenvalue weighted by Crippen LogP contribution is -2.33. The van der Waals surface area contributed by atoms with Gasteiger partial charge < -0.3 is 10.6 Å². The van der Waals surface area contributed by atoms with Gasteiger partial charge in [0.05, 0.1) is 12.2 Å². The summed E-state index contributed by atoms with van der Waals surface area (Å²) in [7, 11) is 0. The van der Waals surface area contributed by atoms with Gasteiger partial charge in [-0.05, 0) is 63.0 Å². The van der Waals surface area contributed by atoms with Crippen LogP contribution in [0.15, 0.2) is 24.3 Å². The van der Waals surface area contributed by atoms with Crippen molar-refractivity contribution in [3.8, 4) is 0 Å². The lowest BCUT2D eigenvalue weighted by molar-refractivity contribution is -0.130. The van der Waals surface area contributed by atoms with E-state index in [0.717, 1.165) is 38.2 Å². The molecular weight excluding hydrogens is 384 g/mol. The van der Waals surface area contributed by atoms with E-state index in [1.54, 1.807) is 0 Å². The van der Waals surface area contributed by atoms with Crippen molar-refractivity contribution in [2.24, 2.45) is 17.6 Å². The summed E-state index contributed by atoms with van der Waals surface area (Å²) in [5.74, 6) is 1.41. The van der Waals surface area contributed by atoms with Crippen LogP contribution in [0.4, 0.5) is 0 Å². The second-order valence-electron chi connectivity index (χ2n) is 8.76. The number of nitrogens with two attached hydrogens (primary N) is 1. The molecule has 3 atom stereocenters. The average Bonchev–Trinajstić information content (AvgIpc) is 3.32. The van der Waals surface area contributed by atoms with Gasteiger partial charge in [0, 0.05) is 31.2 Å². The Balaban J connectivity index is 0.00000240. The smallest absolute Gasteiger partial charge is 0.222 e. The Morgan fingerprint density at radius 2 is 1.86 bits per heavy atom. The van der Waals surface area contributed by atoms with Crippen LogP contribution in [0, 0.1) is 32.6 Å². The van der Waals surface area contributed by atoms with Crippen LogP contribution in [-0.4, -0.2) is 39.7 Å². The summed E-state index contributed by atoms with van der Waals surface area (Å²) in [6.07, 6.45) is 3.63. The maximum absolute atomic E-state index is 12.8. The Hall–Kier alpha value is -1.85. The standard InChI is InChI=1S/C23H32N4O.ClH/c1-15-4-6-18(7-5-15)12-27-17(3)20(16(2)25-27)9-11-23(28)26-13-19-8-10-22(24)21(19)14-26;/h4-7,19,21-22H,8-14,24H2,1-3H3;1H. The van der Waals surface area contributed by atoms with Gasteiger partial charge in [-0.3, -0.25) is 9.48 Å². The van der Waals surface area contributed by atoms with Crippen LogP contribution in [0.5, 0.6) is 0 Å². The minimum absolute atomic E-state index is 0. The van der Waals surface area contributed by atoms with Crippen molar-refractivity contribution in [1.29, 1.82) is 0 Å². The summed E-state index contributed by atoms with van der Waals surface area (Å²) in [6, 6.07) is 8.87. The van der Waals surface area contributed by atoms with Crippen molar-refractivity contribution >= 4 is 18.3 Å². The fourth-order valence-corrected chi connectivity index (χ4v) is 5.02. The zero-order valence-electron chi connectivity index (χ0n) is 17.7. The molecule has 4 rings (SSSR count). The van der Waals surface area contributed by atoms with E-state index in [-0.39, 0.29) is 24.4 Å². The Kier molecular flexibility index (Phi) is 6.69. The minimum atomic E-state index is 0. The summed E-state index contributed by atoms with van der Waals surface area (Å²) < 4.78 is 2.07. The zero-order valence-corrected chi connectivity index (χ0v) is 18.5. The van der Waals surface area contributed by atoms with Crippen molar-refractivity contribution in [2.75, 3.05) is 13.1 Å². The fourth-order valence-electron chi connectivity index (χ4n) is 5.02. The monoisotopic (exact) mass is 416 g/mol. The van der Waals surface area contributed by atoms with Crippen LogP contribution in [0.25, 0.3) is 0 Å². The fraction of sp³-hybridized carbons (Fsp3) is 0.565. The van der Waals surface area contributed by atoms with Crippen molar-refractivity contribution in [2.45, 2.75) is 59.0 Å². The molecule has 2 fully saturated rings. The third kappa shape index (κ3) is 4.51. The number of amides is 1. The third-order valence-electron chi connectivity index (χ3n) is 6.84. The molecule has 1 aliphatic carbocycles. The summed E-state index contributed by atoms with van der Waals surface area (Å²) >= 11 is 0. The highest BCUT2D eigenvalue weighted by atomic mass is 35.5. The van der Waals surface area contributed by atoms with Gasteiger partial charge in [0.2, 0.25) is 5.91 Å². The topological polar surface area (TPSA) is 64.2 Å². The van der Waals surface area contributed by atoms with Crippen molar-refractivity contribution < 1.29 is 4.79 Å². The number of aryl methyl sites for hydroxylation is 2. The van der Waals surface area contributed by atoms with Crippen LogP contribution < -0.4 is 5.73 Å². The van der Waals surface area contributed by atoms with Gasteiger partial charge >= 0.3 is 0 Å². The highest BCUT2D eigenvalue weighted by molar-refractivity contribution is 5.85. The normalized spacial score (nSPS) is 23.2. The van der Waals surface area contributed by atoms with Crippen LogP contribution >= 0.6 is 12.4 Å². The molecule has 2 aliphatic rings. The maximum atomic E-state index is 12.8. The van der Waals surface area contributed by atoms with Crippen LogP contribution in [0.3, 0.4) is 0 Å². The molecule has 0 spiro atoms. The lowest BCUT2D eigenvalue weighted by atomic mass is 9.98. The molecule has 0 bridgehead atoms. The number of hydrogen-bond donors (Lipinski definition) is 1. The summed E-state index contributed by atoms with van der Waals surface area (Å²) in [6.45, 7) is 8.81. The van der Waals surface area contributed by atoms with Crippen LogP contribution in [0.2, 0.25) is 0 Å². The second kappa shape index (κ2) is 8.88. The molecule has 1 amide bonds. The first kappa shape index (κ1) is 21.8. The Bertz CT molecular complexity index is 861. The number of halogens is 1. The Labute approximate surface area is 180 Å². The Morgan fingerprint density at radius 1 is 1.14 bits per heavy atom. The molecule has 1 aliphatic heterocycles. The molecule has 2 N–H and O–H groups in total. The molecular formula is C23H33ClN4O. The lowest BCUT2D eigenvalue weighted by Gasteiger charge is -2.18. The number of carbonyl (C=O) groups excluding carboxylic acids is 1. The highest BCUT2D eigenvalue weighted by Crippen LogP contribution is 2.37. The molecule has 2 aromatic rings. The van der Waals surface area contributed by atoms with Gasteiger partial charge in [-0.25, -0.2) is 0 Å². The average molecular weight is 417 g/mol. The number of carbonyl (C=O) groups is 1. The van der Waals surface area contributed by atoms with Gasteiger partial charge in [-0.1, -0.05) is 29.8 Å². The molecule has 158 valence electrons. The van der Waals surface area contributed by atoms with Gasteiger partial charge in [-0.15, -0.1) is 12.4 Å². The molecule has 6 heteroatoms. The summed E-state index contributed by atoms with van der Waals surface area (Å²) in [5, 5.41) is 4.74. The van der Waals surface area contributed by atoms with E-state index in [1.807, 2.05) is 0 Å². The summed E-state index contributed by atoms with van der Waals surface area (Å²) in [5.41, 5.74) is 12.2. The van der Waals surface area contributed by atoms with Gasteiger partial charge in [-0.2, -0.15) is 5.10 Å². The molecule has 29 heavy (non-hydrogen) atoms. The van der Waals surface area contributed by atoms with E-state index in [4.69, 9.17) is 10.8 Å². The molecule has 1 aromatic heterocycles. The number of likely N-dealkylation sites (tertiary alicyclic amines) is 1. The molecule has 0 radical (unpaired) electrons. The largest absolute Gasteiger partial charge is 0.342 e. The highest BCUT2D eigenvalue weighted by Gasteiger charge is 2.42. The number of aromatic nitrogens is 2. The van der Waals surface area contributed by atoms with Gasteiger partial charge in [0.25, 0.3) is 0 Å². The van der Waals surface area contributed by atoms with Crippen LogP contribution in [0.1, 0.15) is 47.3 Å². The quantitative estimate of drug-likeness (QED) is 0.812. The first-order valence-electron chi connectivity index (χ1n) is 10.5. The second-order valence-corrected chi connectivity index (χ2v) is 8.76. The van der Waals surface area contributed by atoms with Gasteiger partial charge in [0.1, 0.15) is 0 Å². The van der Waals surface area contributed by atoms with Crippen molar-refractivity contribution in [3.63, 3.8) is 0 Å². The molecule has 1 aromatic carbocycles.